The molecule has 2 rings (SSSR count). The van der Waals surface area contributed by atoms with Crippen LogP contribution in [0.5, 0.6) is 0 Å². The molecule has 1 fully saturated rings. The molecule has 0 spiro atoms. The van der Waals surface area contributed by atoms with Crippen LogP contribution in [0.4, 0.5) is 5.69 Å². The van der Waals surface area contributed by atoms with E-state index < -0.39 is 11.9 Å². The van der Waals surface area contributed by atoms with Crippen molar-refractivity contribution in [3.63, 3.8) is 0 Å². The lowest BCUT2D eigenvalue weighted by atomic mass is 10.1. The predicted octanol–water partition coefficient (Wildman–Crippen LogP) is 2.22. The summed E-state index contributed by atoms with van der Waals surface area (Å²) in [5.74, 6) is -1.58. The molecule has 1 N–H and O–H groups in total. The standard InChI is InChI=1S/C17H24N2O3/c1-2-22-17(21)16(20)18-15-9-7-14(8-10-15)6-5-13-19-11-3-4-12-19/h7-10H,2-6,11-13H2,1H3,(H,18,20). The molecule has 120 valence electrons. The predicted molar refractivity (Wildman–Crippen MR) is 85.7 cm³/mol. The van der Waals surface area contributed by atoms with E-state index in [-0.39, 0.29) is 6.61 Å². The molecule has 1 aliphatic rings. The maximum absolute atomic E-state index is 11.5. The third-order valence-corrected chi connectivity index (χ3v) is 3.81. The molecule has 1 aliphatic heterocycles. The topological polar surface area (TPSA) is 58.6 Å². The number of amides is 1. The molecule has 0 aromatic heterocycles. The van der Waals surface area contributed by atoms with Gasteiger partial charge in [0.15, 0.2) is 0 Å². The van der Waals surface area contributed by atoms with Crippen molar-refractivity contribution >= 4 is 17.6 Å². The van der Waals surface area contributed by atoms with Crippen LogP contribution in [0.2, 0.25) is 0 Å². The van der Waals surface area contributed by atoms with Gasteiger partial charge in [0.2, 0.25) is 0 Å². The van der Waals surface area contributed by atoms with Gasteiger partial charge in [0, 0.05) is 5.69 Å². The number of nitrogens with zero attached hydrogens (tertiary/aromatic N) is 1. The summed E-state index contributed by atoms with van der Waals surface area (Å²) in [6, 6.07) is 7.63. The summed E-state index contributed by atoms with van der Waals surface area (Å²) in [4.78, 5) is 25.3. The zero-order valence-electron chi connectivity index (χ0n) is 13.1. The van der Waals surface area contributed by atoms with E-state index in [0.29, 0.717) is 5.69 Å². The van der Waals surface area contributed by atoms with E-state index in [1.54, 1.807) is 6.92 Å². The number of carbonyl (C=O) groups excluding carboxylic acids is 2. The van der Waals surface area contributed by atoms with E-state index in [0.717, 1.165) is 19.4 Å². The third kappa shape index (κ3) is 5.15. The Morgan fingerprint density at radius 2 is 1.86 bits per heavy atom. The maximum Gasteiger partial charge on any atom is 0.397 e. The number of rotatable bonds is 6. The van der Waals surface area contributed by atoms with Crippen molar-refractivity contribution in [2.75, 3.05) is 31.6 Å². The summed E-state index contributed by atoms with van der Waals surface area (Å²) in [6.07, 6.45) is 4.83. The fourth-order valence-electron chi connectivity index (χ4n) is 2.65. The molecule has 0 aliphatic carbocycles. The Bertz CT molecular complexity index is 493. The highest BCUT2D eigenvalue weighted by Crippen LogP contribution is 2.13. The summed E-state index contributed by atoms with van der Waals surface area (Å²) >= 11 is 0. The fourth-order valence-corrected chi connectivity index (χ4v) is 2.65. The quantitative estimate of drug-likeness (QED) is 0.647. The molecular weight excluding hydrogens is 280 g/mol. The first-order valence-corrected chi connectivity index (χ1v) is 7.98. The number of aryl methyl sites for hydroxylation is 1. The van der Waals surface area contributed by atoms with E-state index in [4.69, 9.17) is 0 Å². The van der Waals surface area contributed by atoms with E-state index in [2.05, 4.69) is 15.0 Å². The number of hydrogen-bond acceptors (Lipinski definition) is 4. The molecular formula is C17H24N2O3. The van der Waals surface area contributed by atoms with Gasteiger partial charge in [-0.15, -0.1) is 0 Å². The van der Waals surface area contributed by atoms with Crippen molar-refractivity contribution in [3.05, 3.63) is 29.8 Å². The first-order chi connectivity index (χ1) is 10.7. The largest absolute Gasteiger partial charge is 0.459 e. The molecule has 1 amide bonds. The van der Waals surface area contributed by atoms with Crippen molar-refractivity contribution in [3.8, 4) is 0 Å². The number of hydrogen-bond donors (Lipinski definition) is 1. The van der Waals surface area contributed by atoms with Crippen LogP contribution in [0, 0.1) is 0 Å². The summed E-state index contributed by atoms with van der Waals surface area (Å²) in [5.41, 5.74) is 1.86. The number of anilines is 1. The van der Waals surface area contributed by atoms with Crippen molar-refractivity contribution in [2.45, 2.75) is 32.6 Å². The number of likely N-dealkylation sites (tertiary alicyclic amines) is 1. The van der Waals surface area contributed by atoms with Crippen LogP contribution < -0.4 is 5.32 Å². The van der Waals surface area contributed by atoms with E-state index in [9.17, 15) is 9.59 Å². The van der Waals surface area contributed by atoms with Crippen molar-refractivity contribution < 1.29 is 14.3 Å². The Kier molecular flexibility index (Phi) is 6.40. The van der Waals surface area contributed by atoms with Gasteiger partial charge in [0.1, 0.15) is 0 Å². The second-order valence-electron chi connectivity index (χ2n) is 5.52. The number of carbonyl (C=O) groups is 2. The molecule has 0 bridgehead atoms. The Balaban J connectivity index is 1.74. The Hall–Kier alpha value is -1.88. The molecule has 5 heteroatoms. The minimum absolute atomic E-state index is 0.197. The molecule has 22 heavy (non-hydrogen) atoms. The molecule has 5 nitrogen and oxygen atoms in total. The molecule has 0 radical (unpaired) electrons. The number of ether oxygens (including phenoxy) is 1. The minimum Gasteiger partial charge on any atom is -0.459 e. The third-order valence-electron chi connectivity index (χ3n) is 3.81. The van der Waals surface area contributed by atoms with Gasteiger partial charge in [-0.25, -0.2) is 4.79 Å². The van der Waals surface area contributed by atoms with Gasteiger partial charge in [-0.1, -0.05) is 12.1 Å². The molecule has 0 unspecified atom stereocenters. The SMILES string of the molecule is CCOC(=O)C(=O)Nc1ccc(CCCN2CCCC2)cc1. The lowest BCUT2D eigenvalue weighted by Crippen LogP contribution is -2.24. The van der Waals surface area contributed by atoms with Crippen LogP contribution in [0.1, 0.15) is 31.7 Å². The summed E-state index contributed by atoms with van der Waals surface area (Å²) in [5, 5.41) is 2.53. The second kappa shape index (κ2) is 8.54. The Morgan fingerprint density at radius 3 is 2.50 bits per heavy atom. The number of benzene rings is 1. The number of nitrogens with one attached hydrogen (secondary N) is 1. The average Bonchev–Trinajstić information content (AvgIpc) is 3.02. The van der Waals surface area contributed by atoms with Crippen LogP contribution in [0.25, 0.3) is 0 Å². The van der Waals surface area contributed by atoms with Gasteiger partial charge in [-0.2, -0.15) is 0 Å². The van der Waals surface area contributed by atoms with E-state index >= 15 is 0 Å². The zero-order valence-corrected chi connectivity index (χ0v) is 13.1. The maximum atomic E-state index is 11.5. The fraction of sp³-hybridized carbons (Fsp3) is 0.529. The lowest BCUT2D eigenvalue weighted by Gasteiger charge is -2.14. The monoisotopic (exact) mass is 304 g/mol. The summed E-state index contributed by atoms with van der Waals surface area (Å²) in [7, 11) is 0. The van der Waals surface area contributed by atoms with Crippen LogP contribution in [0.15, 0.2) is 24.3 Å². The smallest absolute Gasteiger partial charge is 0.397 e. The van der Waals surface area contributed by atoms with Gasteiger partial charge < -0.3 is 15.0 Å². The first kappa shape index (κ1) is 16.5. The second-order valence-corrected chi connectivity index (χ2v) is 5.52. The van der Waals surface area contributed by atoms with Gasteiger partial charge in [-0.05, 0) is 69.9 Å². The molecule has 0 atom stereocenters. The minimum atomic E-state index is -0.850. The van der Waals surface area contributed by atoms with E-state index in [1.165, 1.54) is 31.5 Å². The zero-order chi connectivity index (χ0) is 15.8. The Morgan fingerprint density at radius 1 is 1.18 bits per heavy atom. The van der Waals surface area contributed by atoms with Crippen LogP contribution in [-0.2, 0) is 20.7 Å². The van der Waals surface area contributed by atoms with Gasteiger partial charge >= 0.3 is 11.9 Å². The summed E-state index contributed by atoms with van der Waals surface area (Å²) < 4.78 is 4.65. The van der Waals surface area contributed by atoms with Gasteiger partial charge in [0.05, 0.1) is 6.61 Å². The van der Waals surface area contributed by atoms with Crippen molar-refractivity contribution in [2.24, 2.45) is 0 Å². The molecule has 1 aromatic carbocycles. The highest BCUT2D eigenvalue weighted by Gasteiger charge is 2.14. The number of esters is 1. The van der Waals surface area contributed by atoms with Crippen LogP contribution in [-0.4, -0.2) is 43.0 Å². The Labute approximate surface area is 131 Å². The van der Waals surface area contributed by atoms with Gasteiger partial charge in [0.25, 0.3) is 0 Å². The molecule has 0 saturated carbocycles. The van der Waals surface area contributed by atoms with Crippen molar-refractivity contribution in [1.82, 2.24) is 4.90 Å². The molecule has 1 saturated heterocycles. The average molecular weight is 304 g/mol. The first-order valence-electron chi connectivity index (χ1n) is 7.98. The van der Waals surface area contributed by atoms with Crippen molar-refractivity contribution in [1.29, 1.82) is 0 Å². The normalized spacial score (nSPS) is 14.8. The lowest BCUT2D eigenvalue weighted by molar-refractivity contribution is -0.152. The van der Waals surface area contributed by atoms with Crippen LogP contribution >= 0.6 is 0 Å². The highest BCUT2D eigenvalue weighted by molar-refractivity contribution is 6.37. The van der Waals surface area contributed by atoms with Gasteiger partial charge in [-0.3, -0.25) is 4.79 Å². The molecule has 1 heterocycles. The molecule has 1 aromatic rings. The highest BCUT2D eigenvalue weighted by atomic mass is 16.5. The van der Waals surface area contributed by atoms with E-state index in [1.807, 2.05) is 24.3 Å². The van der Waals surface area contributed by atoms with Crippen LogP contribution in [0.3, 0.4) is 0 Å². The summed E-state index contributed by atoms with van der Waals surface area (Å²) in [6.45, 7) is 5.49.